The molecule has 192 valence electrons. The number of hydrogen-bond acceptors (Lipinski definition) is 9. The molecule has 0 saturated carbocycles. The van der Waals surface area contributed by atoms with Gasteiger partial charge in [-0.3, -0.25) is 15.0 Å². The van der Waals surface area contributed by atoms with Crippen LogP contribution in [0.4, 0.5) is 22.1 Å². The number of hydrogen-bond donors (Lipinski definition) is 2. The lowest BCUT2D eigenvalue weighted by Gasteiger charge is -2.35. The van der Waals surface area contributed by atoms with Gasteiger partial charge in [-0.05, 0) is 52.3 Å². The van der Waals surface area contributed by atoms with Crippen molar-refractivity contribution >= 4 is 29.3 Å². The largest absolute Gasteiger partial charge is 0.474 e. The Balaban J connectivity index is 1.27. The Morgan fingerprint density at radius 2 is 2.06 bits per heavy atom. The lowest BCUT2D eigenvalue weighted by atomic mass is 10.1. The highest BCUT2D eigenvalue weighted by atomic mass is 16.7. The van der Waals surface area contributed by atoms with Crippen LogP contribution >= 0.6 is 0 Å². The SMILES string of the molecule is CC(C)NC(=O)c1ccc2c(n1)N(C(=O)Nc1ccc(OC[C@H]3COC(C)(C)O3)nn1)[C@H]1CCN2C1. The lowest BCUT2D eigenvalue weighted by molar-refractivity contribution is -0.141. The third-order valence-electron chi connectivity index (χ3n) is 6.18. The van der Waals surface area contributed by atoms with Crippen molar-refractivity contribution in [1.29, 1.82) is 0 Å². The number of pyridine rings is 1. The molecule has 2 fully saturated rings. The van der Waals surface area contributed by atoms with Gasteiger partial charge in [-0.2, -0.15) is 0 Å². The molecule has 0 radical (unpaired) electrons. The van der Waals surface area contributed by atoms with Crippen LogP contribution < -0.4 is 25.2 Å². The van der Waals surface area contributed by atoms with Crippen molar-refractivity contribution in [1.82, 2.24) is 20.5 Å². The van der Waals surface area contributed by atoms with Crippen LogP contribution in [0.25, 0.3) is 0 Å². The minimum Gasteiger partial charge on any atom is -0.474 e. The van der Waals surface area contributed by atoms with Crippen molar-refractivity contribution in [3.05, 3.63) is 30.0 Å². The summed E-state index contributed by atoms with van der Waals surface area (Å²) in [6.07, 6.45) is 0.617. The average Bonchev–Trinajstić information content (AvgIpc) is 3.41. The summed E-state index contributed by atoms with van der Waals surface area (Å²) >= 11 is 0. The zero-order valence-corrected chi connectivity index (χ0v) is 20.9. The van der Waals surface area contributed by atoms with E-state index in [1.807, 2.05) is 33.8 Å². The number of nitrogens with one attached hydrogen (secondary N) is 2. The number of fused-ring (bicyclic) bond motifs is 4. The number of carbonyl (C=O) groups excluding carboxylic acids is 2. The Morgan fingerprint density at radius 1 is 1.22 bits per heavy atom. The molecule has 12 nitrogen and oxygen atoms in total. The fraction of sp³-hybridized carbons (Fsp3) is 0.542. The second-order valence-corrected chi connectivity index (χ2v) is 9.87. The molecule has 12 heteroatoms. The van der Waals surface area contributed by atoms with Gasteiger partial charge in [0.1, 0.15) is 18.4 Å². The van der Waals surface area contributed by atoms with Crippen LogP contribution in [0.15, 0.2) is 24.3 Å². The first-order chi connectivity index (χ1) is 17.2. The van der Waals surface area contributed by atoms with Crippen molar-refractivity contribution in [2.75, 3.05) is 41.4 Å². The molecule has 0 unspecified atom stereocenters. The summed E-state index contributed by atoms with van der Waals surface area (Å²) in [4.78, 5) is 34.3. The molecule has 3 aliphatic rings. The summed E-state index contributed by atoms with van der Waals surface area (Å²) in [7, 11) is 0. The van der Waals surface area contributed by atoms with Crippen LogP contribution in [0.3, 0.4) is 0 Å². The molecule has 2 bridgehead atoms. The molecule has 3 aliphatic heterocycles. The van der Waals surface area contributed by atoms with Crippen LogP contribution in [-0.4, -0.2) is 77.4 Å². The van der Waals surface area contributed by atoms with Crippen LogP contribution in [0.2, 0.25) is 0 Å². The molecule has 36 heavy (non-hydrogen) atoms. The molecule has 2 aromatic rings. The molecule has 0 aliphatic carbocycles. The molecule has 3 amide bonds. The molecule has 2 saturated heterocycles. The van der Waals surface area contributed by atoms with Crippen molar-refractivity contribution in [2.45, 2.75) is 58.1 Å². The van der Waals surface area contributed by atoms with Gasteiger partial charge in [0.25, 0.3) is 5.91 Å². The summed E-state index contributed by atoms with van der Waals surface area (Å²) in [5.74, 6) is 0.168. The summed E-state index contributed by atoms with van der Waals surface area (Å²) < 4.78 is 16.9. The van der Waals surface area contributed by atoms with Crippen molar-refractivity contribution in [2.24, 2.45) is 0 Å². The van der Waals surface area contributed by atoms with E-state index in [4.69, 9.17) is 14.2 Å². The van der Waals surface area contributed by atoms with E-state index in [-0.39, 0.29) is 48.2 Å². The third-order valence-corrected chi connectivity index (χ3v) is 6.18. The normalized spacial score (nSPS) is 21.9. The van der Waals surface area contributed by atoms with Crippen molar-refractivity contribution in [3.63, 3.8) is 0 Å². The Kier molecular flexibility index (Phi) is 6.39. The monoisotopic (exact) mass is 497 g/mol. The van der Waals surface area contributed by atoms with E-state index in [0.717, 1.165) is 18.7 Å². The predicted octanol–water partition coefficient (Wildman–Crippen LogP) is 2.17. The Morgan fingerprint density at radius 3 is 2.75 bits per heavy atom. The molecule has 0 aromatic carbocycles. The molecule has 5 rings (SSSR count). The number of carbonyl (C=O) groups is 2. The first-order valence-corrected chi connectivity index (χ1v) is 12.1. The standard InChI is InChI=1S/C24H31N7O5/c1-14(2)25-22(32)17-5-6-18-21(26-17)31(15-9-10-30(18)11-15)23(33)27-19-7-8-20(29-28-19)34-12-16-13-35-24(3,4)36-16/h5-8,14-16H,9-13H2,1-4H3,(H,25,32)(H,27,28,33)/t15-,16-/m0/s1. The fourth-order valence-electron chi connectivity index (χ4n) is 4.59. The summed E-state index contributed by atoms with van der Waals surface area (Å²) in [6.45, 7) is 9.73. The van der Waals surface area contributed by atoms with Gasteiger partial charge in [0.15, 0.2) is 17.4 Å². The van der Waals surface area contributed by atoms with E-state index in [0.29, 0.717) is 24.8 Å². The summed E-state index contributed by atoms with van der Waals surface area (Å²) in [5, 5.41) is 13.8. The summed E-state index contributed by atoms with van der Waals surface area (Å²) in [5.41, 5.74) is 1.10. The number of nitrogens with zero attached hydrogens (tertiary/aromatic N) is 5. The molecule has 2 N–H and O–H groups in total. The highest BCUT2D eigenvalue weighted by Crippen LogP contribution is 2.39. The van der Waals surface area contributed by atoms with Gasteiger partial charge in [-0.15, -0.1) is 10.2 Å². The van der Waals surface area contributed by atoms with Crippen LogP contribution in [0, 0.1) is 0 Å². The number of rotatable bonds is 6. The number of ether oxygens (including phenoxy) is 3. The van der Waals surface area contributed by atoms with Gasteiger partial charge < -0.3 is 24.4 Å². The van der Waals surface area contributed by atoms with E-state index >= 15 is 0 Å². The Bertz CT molecular complexity index is 1140. The highest BCUT2D eigenvalue weighted by molar-refractivity contribution is 6.05. The quantitative estimate of drug-likeness (QED) is 0.616. The minimum atomic E-state index is -0.620. The smallest absolute Gasteiger partial charge is 0.329 e. The predicted molar refractivity (Wildman–Crippen MR) is 131 cm³/mol. The first kappa shape index (κ1) is 24.2. The Hall–Kier alpha value is -3.51. The van der Waals surface area contributed by atoms with Crippen molar-refractivity contribution < 1.29 is 23.8 Å². The van der Waals surface area contributed by atoms with Gasteiger partial charge in [0, 0.05) is 25.2 Å². The lowest BCUT2D eigenvalue weighted by Crippen LogP contribution is -2.48. The van der Waals surface area contributed by atoms with Gasteiger partial charge in [0.2, 0.25) is 5.88 Å². The second kappa shape index (κ2) is 9.51. The van der Waals surface area contributed by atoms with E-state index in [9.17, 15) is 9.59 Å². The minimum absolute atomic E-state index is 0.0222. The number of urea groups is 1. The fourth-order valence-corrected chi connectivity index (χ4v) is 4.59. The molecule has 5 heterocycles. The molecule has 0 spiro atoms. The molecular formula is C24H31N7O5. The third kappa shape index (κ3) is 5.05. The maximum atomic E-state index is 13.3. The van der Waals surface area contributed by atoms with Crippen molar-refractivity contribution in [3.8, 4) is 5.88 Å². The number of aromatic nitrogens is 3. The van der Waals surface area contributed by atoms with Gasteiger partial charge in [-0.1, -0.05) is 0 Å². The van der Waals surface area contributed by atoms with Crippen LogP contribution in [-0.2, 0) is 9.47 Å². The molecular weight excluding hydrogens is 466 g/mol. The number of amides is 3. The first-order valence-electron chi connectivity index (χ1n) is 12.1. The molecule has 2 aromatic heterocycles. The average molecular weight is 498 g/mol. The maximum Gasteiger partial charge on any atom is 0.329 e. The zero-order valence-electron chi connectivity index (χ0n) is 20.9. The van der Waals surface area contributed by atoms with E-state index < -0.39 is 5.79 Å². The Labute approximate surface area is 209 Å². The van der Waals surface area contributed by atoms with E-state index in [2.05, 4.69) is 30.7 Å². The zero-order chi connectivity index (χ0) is 25.4. The second-order valence-electron chi connectivity index (χ2n) is 9.87. The maximum absolute atomic E-state index is 13.3. The molecule has 2 atom stereocenters. The van der Waals surface area contributed by atoms with Crippen LogP contribution in [0.5, 0.6) is 5.88 Å². The van der Waals surface area contributed by atoms with E-state index in [1.165, 1.54) is 0 Å². The van der Waals surface area contributed by atoms with E-state index in [1.54, 1.807) is 23.1 Å². The topological polar surface area (TPSA) is 131 Å². The van der Waals surface area contributed by atoms with Crippen LogP contribution in [0.1, 0.15) is 44.6 Å². The highest BCUT2D eigenvalue weighted by Gasteiger charge is 2.40. The van der Waals surface area contributed by atoms with Gasteiger partial charge in [0.05, 0.1) is 18.3 Å². The number of anilines is 3. The summed E-state index contributed by atoms with van der Waals surface area (Å²) in [6, 6.07) is 6.36. The van der Waals surface area contributed by atoms with Gasteiger partial charge >= 0.3 is 6.03 Å². The van der Waals surface area contributed by atoms with Gasteiger partial charge in [-0.25, -0.2) is 9.78 Å².